The van der Waals surface area contributed by atoms with Gasteiger partial charge in [0.05, 0.1) is 0 Å². The molecule has 2 aromatic carbocycles. The summed E-state index contributed by atoms with van der Waals surface area (Å²) in [5.74, 6) is 2.39. The minimum Gasteiger partial charge on any atom is -0.492 e. The molecule has 1 atom stereocenters. The van der Waals surface area contributed by atoms with E-state index in [0.717, 1.165) is 30.3 Å². The number of hydrogen-bond acceptors (Lipinski definition) is 3. The van der Waals surface area contributed by atoms with Crippen LogP contribution >= 0.6 is 0 Å². The van der Waals surface area contributed by atoms with Crippen LogP contribution in [0.25, 0.3) is 0 Å². The van der Waals surface area contributed by atoms with Gasteiger partial charge in [-0.25, -0.2) is 4.39 Å². The summed E-state index contributed by atoms with van der Waals surface area (Å²) >= 11 is 0. The molecule has 116 valence electrons. The van der Waals surface area contributed by atoms with E-state index in [-0.39, 0.29) is 0 Å². The van der Waals surface area contributed by atoms with Gasteiger partial charge in [0.1, 0.15) is 30.0 Å². The molecule has 0 unspecified atom stereocenters. The van der Waals surface area contributed by atoms with E-state index in [2.05, 4.69) is 4.90 Å². The van der Waals surface area contributed by atoms with Crippen LogP contribution in [0.4, 0.5) is 4.39 Å². The largest absolute Gasteiger partial charge is 0.492 e. The summed E-state index contributed by atoms with van der Waals surface area (Å²) < 4.78 is 24.5. The van der Waals surface area contributed by atoms with Crippen LogP contribution in [-0.4, -0.2) is 37.3 Å². The van der Waals surface area contributed by atoms with Crippen molar-refractivity contribution in [3.63, 3.8) is 0 Å². The Bertz CT molecular complexity index is 573. The quantitative estimate of drug-likeness (QED) is 0.807. The lowest BCUT2D eigenvalue weighted by atomic mass is 10.3. The molecule has 22 heavy (non-hydrogen) atoms. The van der Waals surface area contributed by atoms with E-state index in [0.29, 0.717) is 19.6 Å². The number of para-hydroxylation sites is 1. The van der Waals surface area contributed by atoms with Crippen LogP contribution in [0.1, 0.15) is 6.42 Å². The Labute approximate surface area is 130 Å². The van der Waals surface area contributed by atoms with Crippen LogP contribution < -0.4 is 9.47 Å². The van der Waals surface area contributed by atoms with E-state index >= 15 is 0 Å². The van der Waals surface area contributed by atoms with E-state index in [1.54, 1.807) is 0 Å². The van der Waals surface area contributed by atoms with Gasteiger partial charge < -0.3 is 9.47 Å². The molecule has 3 nitrogen and oxygen atoms in total. The third kappa shape index (κ3) is 4.21. The molecule has 0 N–H and O–H groups in total. The van der Waals surface area contributed by atoms with Crippen LogP contribution in [-0.2, 0) is 0 Å². The van der Waals surface area contributed by atoms with Crippen LogP contribution in [0.15, 0.2) is 54.6 Å². The first-order chi connectivity index (χ1) is 10.8. The van der Waals surface area contributed by atoms with Crippen molar-refractivity contribution in [1.29, 1.82) is 0 Å². The highest BCUT2D eigenvalue weighted by atomic mass is 19.1. The maximum absolute atomic E-state index is 13.1. The van der Waals surface area contributed by atoms with Crippen LogP contribution in [0.5, 0.6) is 17.2 Å². The normalized spacial score (nSPS) is 18.3. The summed E-state index contributed by atoms with van der Waals surface area (Å²) in [6.07, 6.45) is -0.0275. The van der Waals surface area contributed by atoms with Gasteiger partial charge in [-0.2, -0.15) is 0 Å². The van der Waals surface area contributed by atoms with E-state index < -0.39 is 6.17 Å². The second kappa shape index (κ2) is 7.27. The molecule has 0 aromatic heterocycles. The second-order valence-electron chi connectivity index (χ2n) is 5.42. The van der Waals surface area contributed by atoms with Gasteiger partial charge >= 0.3 is 0 Å². The highest BCUT2D eigenvalue weighted by Gasteiger charge is 2.20. The standard InChI is InChI=1S/C18H20FNO2/c19-15-10-11-20(14-15)12-13-21-16-6-8-18(9-7-16)22-17-4-2-1-3-5-17/h1-9,15H,10-14H2/t15-/m1/s1. The third-order valence-corrected chi connectivity index (χ3v) is 3.69. The summed E-state index contributed by atoms with van der Waals surface area (Å²) in [5, 5.41) is 0. The van der Waals surface area contributed by atoms with Gasteiger partial charge in [-0.3, -0.25) is 4.90 Å². The number of nitrogens with zero attached hydrogens (tertiary/aromatic N) is 1. The molecule has 0 amide bonds. The van der Waals surface area contributed by atoms with E-state index in [1.165, 1.54) is 0 Å². The van der Waals surface area contributed by atoms with Gasteiger partial charge in [0.25, 0.3) is 0 Å². The van der Waals surface area contributed by atoms with Crippen LogP contribution in [0.2, 0.25) is 0 Å². The van der Waals surface area contributed by atoms with Crippen molar-refractivity contribution in [2.24, 2.45) is 0 Å². The van der Waals surface area contributed by atoms with E-state index in [4.69, 9.17) is 9.47 Å². The van der Waals surface area contributed by atoms with Crippen LogP contribution in [0, 0.1) is 0 Å². The van der Waals surface area contributed by atoms with Crippen LogP contribution in [0.3, 0.4) is 0 Å². The zero-order valence-corrected chi connectivity index (χ0v) is 12.5. The second-order valence-corrected chi connectivity index (χ2v) is 5.42. The average molecular weight is 301 g/mol. The van der Waals surface area contributed by atoms with Crippen molar-refractivity contribution in [2.45, 2.75) is 12.6 Å². The number of ether oxygens (including phenoxy) is 2. The van der Waals surface area contributed by atoms with Gasteiger partial charge in [0, 0.05) is 19.6 Å². The van der Waals surface area contributed by atoms with Crippen molar-refractivity contribution in [3.05, 3.63) is 54.6 Å². The summed E-state index contributed by atoms with van der Waals surface area (Å²) in [6, 6.07) is 17.2. The predicted molar refractivity (Wildman–Crippen MR) is 84.4 cm³/mol. The molecule has 4 heteroatoms. The summed E-state index contributed by atoms with van der Waals surface area (Å²) in [6.45, 7) is 2.70. The molecule has 0 radical (unpaired) electrons. The Kier molecular flexibility index (Phi) is 4.91. The molecule has 1 fully saturated rings. The maximum atomic E-state index is 13.1. The molecule has 0 spiro atoms. The zero-order valence-electron chi connectivity index (χ0n) is 12.5. The fraction of sp³-hybridized carbons (Fsp3) is 0.333. The Hall–Kier alpha value is -2.07. The molecular formula is C18H20FNO2. The average Bonchev–Trinajstić information content (AvgIpc) is 2.96. The summed E-state index contributed by atoms with van der Waals surface area (Å²) in [4.78, 5) is 2.09. The van der Waals surface area contributed by atoms with Crippen molar-refractivity contribution in [1.82, 2.24) is 4.90 Å². The summed E-state index contributed by atoms with van der Waals surface area (Å²) in [7, 11) is 0. The minimum absolute atomic E-state index is 0.535. The number of rotatable bonds is 6. The molecule has 3 rings (SSSR count). The Balaban J connectivity index is 1.45. The smallest absolute Gasteiger partial charge is 0.127 e. The number of benzene rings is 2. The first-order valence-corrected chi connectivity index (χ1v) is 7.62. The molecule has 1 heterocycles. The molecule has 0 bridgehead atoms. The van der Waals surface area contributed by atoms with E-state index in [1.807, 2.05) is 54.6 Å². The molecule has 0 aliphatic carbocycles. The van der Waals surface area contributed by atoms with Gasteiger partial charge in [0.2, 0.25) is 0 Å². The Morgan fingerprint density at radius 3 is 2.32 bits per heavy atom. The lowest BCUT2D eigenvalue weighted by Gasteiger charge is -2.15. The molecule has 1 aliphatic heterocycles. The number of halogens is 1. The highest BCUT2D eigenvalue weighted by molar-refractivity contribution is 5.35. The number of alkyl halides is 1. The monoisotopic (exact) mass is 301 g/mol. The molecule has 1 saturated heterocycles. The fourth-order valence-electron chi connectivity index (χ4n) is 2.51. The number of hydrogen-bond donors (Lipinski definition) is 0. The lowest BCUT2D eigenvalue weighted by Crippen LogP contribution is -2.26. The first-order valence-electron chi connectivity index (χ1n) is 7.62. The molecule has 1 aliphatic rings. The third-order valence-electron chi connectivity index (χ3n) is 3.69. The van der Waals surface area contributed by atoms with Gasteiger partial charge in [-0.05, 0) is 42.8 Å². The van der Waals surface area contributed by atoms with Gasteiger partial charge in [0.15, 0.2) is 0 Å². The van der Waals surface area contributed by atoms with Gasteiger partial charge in [-0.1, -0.05) is 18.2 Å². The van der Waals surface area contributed by atoms with Crippen molar-refractivity contribution in [3.8, 4) is 17.2 Å². The SMILES string of the molecule is F[C@@H]1CCN(CCOc2ccc(Oc3ccccc3)cc2)C1. The van der Waals surface area contributed by atoms with Gasteiger partial charge in [-0.15, -0.1) is 0 Å². The topological polar surface area (TPSA) is 21.7 Å². The zero-order chi connectivity index (χ0) is 15.2. The lowest BCUT2D eigenvalue weighted by molar-refractivity contribution is 0.224. The van der Waals surface area contributed by atoms with Crippen molar-refractivity contribution < 1.29 is 13.9 Å². The fourth-order valence-corrected chi connectivity index (χ4v) is 2.51. The molecule has 0 saturated carbocycles. The Morgan fingerprint density at radius 2 is 1.64 bits per heavy atom. The first kappa shape index (κ1) is 14.9. The van der Waals surface area contributed by atoms with Crippen molar-refractivity contribution in [2.75, 3.05) is 26.2 Å². The molecular weight excluding hydrogens is 281 g/mol. The summed E-state index contributed by atoms with van der Waals surface area (Å²) in [5.41, 5.74) is 0. The molecule has 2 aromatic rings. The minimum atomic E-state index is -0.672. The maximum Gasteiger partial charge on any atom is 0.127 e. The predicted octanol–water partition coefficient (Wildman–Crippen LogP) is 3.90. The number of likely N-dealkylation sites (tertiary alicyclic amines) is 1. The highest BCUT2D eigenvalue weighted by Crippen LogP contribution is 2.23. The van der Waals surface area contributed by atoms with Crippen molar-refractivity contribution >= 4 is 0 Å². The van der Waals surface area contributed by atoms with E-state index in [9.17, 15) is 4.39 Å². The Morgan fingerprint density at radius 1 is 0.955 bits per heavy atom.